The SMILES string of the molecule is CC(=O)c1ccc2c(c1)c(-c1cc3cccnc3[nH]1)cn2C. The van der Waals surface area contributed by atoms with Crippen molar-refractivity contribution in [3.63, 3.8) is 0 Å². The van der Waals surface area contributed by atoms with Crippen LogP contribution >= 0.6 is 0 Å². The summed E-state index contributed by atoms with van der Waals surface area (Å²) in [5.41, 5.74) is 4.80. The molecule has 0 fully saturated rings. The Bertz CT molecular complexity index is 990. The second kappa shape index (κ2) is 4.56. The van der Waals surface area contributed by atoms with Crippen molar-refractivity contribution >= 4 is 27.7 Å². The van der Waals surface area contributed by atoms with Crippen molar-refractivity contribution < 1.29 is 4.79 Å². The smallest absolute Gasteiger partial charge is 0.159 e. The zero-order valence-corrected chi connectivity index (χ0v) is 12.4. The molecule has 1 aromatic carbocycles. The summed E-state index contributed by atoms with van der Waals surface area (Å²) in [5.74, 6) is 0.0787. The molecule has 0 aliphatic heterocycles. The van der Waals surface area contributed by atoms with E-state index < -0.39 is 0 Å². The molecular formula is C18H15N3O. The van der Waals surface area contributed by atoms with Crippen molar-refractivity contribution in [1.29, 1.82) is 0 Å². The number of aryl methyl sites for hydroxylation is 1. The molecule has 0 bridgehead atoms. The minimum absolute atomic E-state index is 0.0787. The Balaban J connectivity index is 2.00. The van der Waals surface area contributed by atoms with Crippen LogP contribution in [-0.4, -0.2) is 20.3 Å². The summed E-state index contributed by atoms with van der Waals surface area (Å²) in [6.07, 6.45) is 3.86. The van der Waals surface area contributed by atoms with E-state index >= 15 is 0 Å². The molecule has 4 nitrogen and oxygen atoms in total. The van der Waals surface area contributed by atoms with Gasteiger partial charge in [0.1, 0.15) is 5.65 Å². The zero-order chi connectivity index (χ0) is 15.3. The van der Waals surface area contributed by atoms with Crippen LogP contribution < -0.4 is 0 Å². The lowest BCUT2D eigenvalue weighted by Crippen LogP contribution is -1.91. The number of ketones is 1. The molecule has 0 atom stereocenters. The van der Waals surface area contributed by atoms with E-state index in [0.717, 1.165) is 38.8 Å². The molecule has 108 valence electrons. The van der Waals surface area contributed by atoms with Crippen molar-refractivity contribution in [1.82, 2.24) is 14.5 Å². The van der Waals surface area contributed by atoms with Gasteiger partial charge >= 0.3 is 0 Å². The van der Waals surface area contributed by atoms with Gasteiger partial charge in [0.25, 0.3) is 0 Å². The number of carbonyl (C=O) groups is 1. The van der Waals surface area contributed by atoms with Gasteiger partial charge in [-0.2, -0.15) is 0 Å². The van der Waals surface area contributed by atoms with Gasteiger partial charge in [-0.05, 0) is 43.3 Å². The Labute approximate surface area is 127 Å². The summed E-state index contributed by atoms with van der Waals surface area (Å²) in [7, 11) is 2.01. The number of Topliss-reactive ketones (excluding diaryl/α,β-unsaturated/α-hetero) is 1. The minimum Gasteiger partial charge on any atom is -0.350 e. The molecule has 22 heavy (non-hydrogen) atoms. The van der Waals surface area contributed by atoms with Gasteiger partial charge in [-0.15, -0.1) is 0 Å². The van der Waals surface area contributed by atoms with Crippen LogP contribution in [0.15, 0.2) is 48.8 Å². The van der Waals surface area contributed by atoms with E-state index in [1.54, 1.807) is 13.1 Å². The third-order valence-corrected chi connectivity index (χ3v) is 4.08. The Morgan fingerprint density at radius 1 is 1.23 bits per heavy atom. The molecule has 0 amide bonds. The van der Waals surface area contributed by atoms with Crippen molar-refractivity contribution in [2.75, 3.05) is 0 Å². The maximum absolute atomic E-state index is 11.7. The number of nitrogens with one attached hydrogen (secondary N) is 1. The molecule has 3 aromatic heterocycles. The van der Waals surface area contributed by atoms with Gasteiger partial charge < -0.3 is 9.55 Å². The third-order valence-electron chi connectivity index (χ3n) is 4.08. The standard InChI is InChI=1S/C18H15N3O/c1-11(22)12-5-6-17-14(8-12)15(10-21(17)2)16-9-13-4-3-7-19-18(13)20-16/h3-10H,1-2H3,(H,19,20). The Hall–Kier alpha value is -2.88. The second-order valence-corrected chi connectivity index (χ2v) is 5.57. The molecule has 0 spiro atoms. The molecule has 4 aromatic rings. The molecular weight excluding hydrogens is 274 g/mol. The monoisotopic (exact) mass is 289 g/mol. The predicted molar refractivity (Wildman–Crippen MR) is 88.0 cm³/mol. The van der Waals surface area contributed by atoms with Crippen LogP contribution in [0.25, 0.3) is 33.2 Å². The van der Waals surface area contributed by atoms with Crippen LogP contribution in [0.2, 0.25) is 0 Å². The molecule has 0 saturated heterocycles. The first-order valence-electron chi connectivity index (χ1n) is 7.17. The van der Waals surface area contributed by atoms with Crippen molar-refractivity contribution in [3.05, 3.63) is 54.4 Å². The zero-order valence-electron chi connectivity index (χ0n) is 12.4. The molecule has 0 aliphatic carbocycles. The number of aromatic amines is 1. The molecule has 1 N–H and O–H groups in total. The van der Waals surface area contributed by atoms with E-state index in [0.29, 0.717) is 0 Å². The average molecular weight is 289 g/mol. The summed E-state index contributed by atoms with van der Waals surface area (Å²) in [6, 6.07) is 11.9. The van der Waals surface area contributed by atoms with Gasteiger partial charge in [0.2, 0.25) is 0 Å². The van der Waals surface area contributed by atoms with Crippen LogP contribution in [-0.2, 0) is 7.05 Å². The summed E-state index contributed by atoms with van der Waals surface area (Å²) in [6.45, 7) is 1.59. The lowest BCUT2D eigenvalue weighted by Gasteiger charge is -1.99. The van der Waals surface area contributed by atoms with Gasteiger partial charge in [-0.25, -0.2) is 4.98 Å². The van der Waals surface area contributed by atoms with Crippen LogP contribution in [0.5, 0.6) is 0 Å². The van der Waals surface area contributed by atoms with Crippen LogP contribution in [0.3, 0.4) is 0 Å². The van der Waals surface area contributed by atoms with Gasteiger partial charge in [0.05, 0.1) is 0 Å². The van der Waals surface area contributed by atoms with E-state index in [4.69, 9.17) is 0 Å². The van der Waals surface area contributed by atoms with E-state index in [2.05, 4.69) is 26.8 Å². The maximum Gasteiger partial charge on any atom is 0.159 e. The molecule has 0 saturated carbocycles. The van der Waals surface area contributed by atoms with Gasteiger partial charge in [0.15, 0.2) is 5.78 Å². The third kappa shape index (κ3) is 1.84. The van der Waals surface area contributed by atoms with E-state index in [9.17, 15) is 4.79 Å². The Morgan fingerprint density at radius 2 is 2.09 bits per heavy atom. The van der Waals surface area contributed by atoms with Crippen LogP contribution in [0, 0.1) is 0 Å². The average Bonchev–Trinajstić information content (AvgIpc) is 3.08. The van der Waals surface area contributed by atoms with Crippen LogP contribution in [0.1, 0.15) is 17.3 Å². The van der Waals surface area contributed by atoms with Gasteiger partial charge in [-0.3, -0.25) is 4.79 Å². The predicted octanol–water partition coefficient (Wildman–Crippen LogP) is 3.92. The number of rotatable bonds is 2. The fourth-order valence-electron chi connectivity index (χ4n) is 2.93. The Kier molecular flexibility index (Phi) is 2.66. The van der Waals surface area contributed by atoms with E-state index in [1.807, 2.05) is 37.4 Å². The lowest BCUT2D eigenvalue weighted by atomic mass is 10.1. The first kappa shape index (κ1) is 12.8. The number of nitrogens with zero attached hydrogens (tertiary/aromatic N) is 2. The molecule has 0 radical (unpaired) electrons. The lowest BCUT2D eigenvalue weighted by molar-refractivity contribution is 0.101. The Morgan fingerprint density at radius 3 is 2.86 bits per heavy atom. The highest BCUT2D eigenvalue weighted by atomic mass is 16.1. The highest BCUT2D eigenvalue weighted by molar-refractivity contribution is 6.03. The van der Waals surface area contributed by atoms with Crippen LogP contribution in [0.4, 0.5) is 0 Å². The fourth-order valence-corrected chi connectivity index (χ4v) is 2.93. The number of H-pyrrole nitrogens is 1. The number of carbonyl (C=O) groups excluding carboxylic acids is 1. The van der Waals surface area contributed by atoms with Crippen molar-refractivity contribution in [3.8, 4) is 11.3 Å². The van der Waals surface area contributed by atoms with Gasteiger partial charge in [-0.1, -0.05) is 0 Å². The maximum atomic E-state index is 11.7. The summed E-state index contributed by atoms with van der Waals surface area (Å²) in [5, 5.41) is 2.15. The first-order chi connectivity index (χ1) is 10.6. The molecule has 3 heterocycles. The minimum atomic E-state index is 0.0787. The van der Waals surface area contributed by atoms with Crippen molar-refractivity contribution in [2.24, 2.45) is 7.05 Å². The fraction of sp³-hybridized carbons (Fsp3) is 0.111. The summed E-state index contributed by atoms with van der Waals surface area (Å²) >= 11 is 0. The highest BCUT2D eigenvalue weighted by Gasteiger charge is 2.13. The first-order valence-corrected chi connectivity index (χ1v) is 7.17. The van der Waals surface area contributed by atoms with E-state index in [1.165, 1.54) is 0 Å². The van der Waals surface area contributed by atoms with Crippen molar-refractivity contribution in [2.45, 2.75) is 6.92 Å². The summed E-state index contributed by atoms with van der Waals surface area (Å²) in [4.78, 5) is 19.4. The summed E-state index contributed by atoms with van der Waals surface area (Å²) < 4.78 is 2.08. The van der Waals surface area contributed by atoms with Gasteiger partial charge in [0, 0.05) is 52.6 Å². The number of benzene rings is 1. The largest absolute Gasteiger partial charge is 0.350 e. The molecule has 0 aliphatic rings. The number of fused-ring (bicyclic) bond motifs is 2. The second-order valence-electron chi connectivity index (χ2n) is 5.57. The number of hydrogen-bond donors (Lipinski definition) is 1. The number of aromatic nitrogens is 3. The number of pyridine rings is 1. The van der Waals surface area contributed by atoms with E-state index in [-0.39, 0.29) is 5.78 Å². The molecule has 0 unspecified atom stereocenters. The highest BCUT2D eigenvalue weighted by Crippen LogP contribution is 2.32. The normalized spacial score (nSPS) is 11.4. The molecule has 4 heteroatoms. The molecule has 4 rings (SSSR count). The topological polar surface area (TPSA) is 50.7 Å². The number of hydrogen-bond acceptors (Lipinski definition) is 2. The quantitative estimate of drug-likeness (QED) is 0.568.